The van der Waals surface area contributed by atoms with Crippen molar-refractivity contribution in [3.8, 4) is 29.1 Å². The van der Waals surface area contributed by atoms with E-state index in [0.717, 1.165) is 17.7 Å². The number of hydrogen-bond acceptors (Lipinski definition) is 4. The average Bonchev–Trinajstić information content (AvgIpc) is 3.11. The van der Waals surface area contributed by atoms with Crippen molar-refractivity contribution >= 4 is 5.91 Å². The van der Waals surface area contributed by atoms with Crippen LogP contribution in [0.4, 0.5) is 0 Å². The molecule has 1 N–H and O–H groups in total. The lowest BCUT2D eigenvalue weighted by Crippen LogP contribution is -2.23. The molecular formula is C20H19NO4. The standard InChI is InChI=1S/C20H19NO4/c22-20(11-8-16-6-2-1-3-7-16)21-12-4-5-13-23-17-9-10-18-19(14-17)25-15-24-18/h1-3,6-7,9-10,14H,8,11-13,15H2,(H,21,22). The molecule has 1 amide bonds. The normalized spacial score (nSPS) is 11.4. The molecule has 0 unspecified atom stereocenters. The van der Waals surface area contributed by atoms with Crippen molar-refractivity contribution in [3.05, 3.63) is 54.1 Å². The van der Waals surface area contributed by atoms with E-state index >= 15 is 0 Å². The molecule has 0 radical (unpaired) electrons. The minimum absolute atomic E-state index is 0.00478. The Labute approximate surface area is 146 Å². The molecule has 2 aromatic rings. The monoisotopic (exact) mass is 337 g/mol. The Bertz CT molecular complexity index is 777. The number of benzene rings is 2. The van der Waals surface area contributed by atoms with Crippen LogP contribution in [-0.2, 0) is 11.2 Å². The van der Waals surface area contributed by atoms with E-state index in [4.69, 9.17) is 14.2 Å². The van der Waals surface area contributed by atoms with Gasteiger partial charge in [0.2, 0.25) is 12.7 Å². The molecule has 0 atom stereocenters. The van der Waals surface area contributed by atoms with Gasteiger partial charge in [-0.15, -0.1) is 0 Å². The van der Waals surface area contributed by atoms with Crippen LogP contribution in [0.15, 0.2) is 48.5 Å². The van der Waals surface area contributed by atoms with Crippen LogP contribution in [0.25, 0.3) is 0 Å². The predicted molar refractivity (Wildman–Crippen MR) is 93.6 cm³/mol. The van der Waals surface area contributed by atoms with Crippen molar-refractivity contribution < 1.29 is 19.0 Å². The van der Waals surface area contributed by atoms with Gasteiger partial charge in [-0.05, 0) is 24.1 Å². The lowest BCUT2D eigenvalue weighted by molar-refractivity contribution is -0.120. The van der Waals surface area contributed by atoms with Gasteiger partial charge in [-0.2, -0.15) is 0 Å². The van der Waals surface area contributed by atoms with Gasteiger partial charge in [-0.25, -0.2) is 0 Å². The third-order valence-corrected chi connectivity index (χ3v) is 3.64. The number of aryl methyl sites for hydroxylation is 1. The fourth-order valence-electron chi connectivity index (χ4n) is 2.33. The Kier molecular flexibility index (Phi) is 5.78. The molecule has 3 rings (SSSR count). The van der Waals surface area contributed by atoms with Gasteiger partial charge in [0, 0.05) is 12.5 Å². The van der Waals surface area contributed by atoms with Crippen molar-refractivity contribution in [3.63, 3.8) is 0 Å². The minimum Gasteiger partial charge on any atom is -0.481 e. The first-order chi connectivity index (χ1) is 12.3. The van der Waals surface area contributed by atoms with Crippen LogP contribution < -0.4 is 19.5 Å². The molecule has 0 bridgehead atoms. The summed E-state index contributed by atoms with van der Waals surface area (Å²) in [6.07, 6.45) is 1.19. The fourth-order valence-corrected chi connectivity index (χ4v) is 2.33. The Morgan fingerprint density at radius 2 is 1.92 bits per heavy atom. The van der Waals surface area contributed by atoms with E-state index in [2.05, 4.69) is 17.2 Å². The van der Waals surface area contributed by atoms with E-state index in [1.165, 1.54) is 0 Å². The van der Waals surface area contributed by atoms with Crippen LogP contribution >= 0.6 is 0 Å². The third-order valence-electron chi connectivity index (χ3n) is 3.64. The van der Waals surface area contributed by atoms with Gasteiger partial charge in [0.05, 0.1) is 6.54 Å². The summed E-state index contributed by atoms with van der Waals surface area (Å²) in [6.45, 7) is 0.806. The highest BCUT2D eigenvalue weighted by Gasteiger charge is 2.13. The summed E-state index contributed by atoms with van der Waals surface area (Å²) in [5.41, 5.74) is 1.15. The molecule has 5 heteroatoms. The number of carbonyl (C=O) groups excluding carboxylic acids is 1. The lowest BCUT2D eigenvalue weighted by Gasteiger charge is -2.03. The molecule has 0 aliphatic carbocycles. The van der Waals surface area contributed by atoms with E-state index in [9.17, 15) is 4.79 Å². The first-order valence-electron chi connectivity index (χ1n) is 8.10. The second-order valence-electron chi connectivity index (χ2n) is 5.42. The first kappa shape index (κ1) is 16.7. The zero-order valence-electron chi connectivity index (χ0n) is 13.8. The van der Waals surface area contributed by atoms with Gasteiger partial charge in [-0.1, -0.05) is 42.2 Å². The summed E-state index contributed by atoms with van der Waals surface area (Å²) in [5, 5.41) is 2.78. The summed E-state index contributed by atoms with van der Waals surface area (Å²) in [5.74, 6) is 7.81. The van der Waals surface area contributed by atoms with E-state index < -0.39 is 0 Å². The molecule has 25 heavy (non-hydrogen) atoms. The zero-order valence-corrected chi connectivity index (χ0v) is 13.8. The number of rotatable bonds is 6. The van der Waals surface area contributed by atoms with Gasteiger partial charge in [0.1, 0.15) is 12.4 Å². The largest absolute Gasteiger partial charge is 0.481 e. The molecule has 1 aliphatic heterocycles. The van der Waals surface area contributed by atoms with Gasteiger partial charge < -0.3 is 19.5 Å². The molecule has 0 saturated heterocycles. The molecule has 1 aliphatic rings. The molecule has 2 aromatic carbocycles. The van der Waals surface area contributed by atoms with E-state index in [-0.39, 0.29) is 19.3 Å². The van der Waals surface area contributed by atoms with Crippen molar-refractivity contribution in [2.75, 3.05) is 19.9 Å². The van der Waals surface area contributed by atoms with E-state index in [0.29, 0.717) is 24.5 Å². The number of hydrogen-bond donors (Lipinski definition) is 1. The molecule has 0 fully saturated rings. The van der Waals surface area contributed by atoms with E-state index in [1.54, 1.807) is 18.2 Å². The maximum absolute atomic E-state index is 11.7. The summed E-state index contributed by atoms with van der Waals surface area (Å²) >= 11 is 0. The van der Waals surface area contributed by atoms with E-state index in [1.807, 2.05) is 30.3 Å². The Morgan fingerprint density at radius 1 is 1.08 bits per heavy atom. The molecule has 5 nitrogen and oxygen atoms in total. The van der Waals surface area contributed by atoms with Crippen LogP contribution in [0.2, 0.25) is 0 Å². The summed E-state index contributed by atoms with van der Waals surface area (Å²) in [6, 6.07) is 15.3. The quantitative estimate of drug-likeness (QED) is 0.823. The Hall–Kier alpha value is -3.13. The van der Waals surface area contributed by atoms with Gasteiger partial charge in [-0.3, -0.25) is 4.79 Å². The highest BCUT2D eigenvalue weighted by Crippen LogP contribution is 2.34. The Balaban J connectivity index is 1.32. The zero-order chi connectivity index (χ0) is 17.3. The van der Waals surface area contributed by atoms with Crippen molar-refractivity contribution in [1.82, 2.24) is 5.32 Å². The molecule has 0 spiro atoms. The topological polar surface area (TPSA) is 56.8 Å². The average molecular weight is 337 g/mol. The second kappa shape index (κ2) is 8.65. The second-order valence-corrected chi connectivity index (χ2v) is 5.42. The third kappa shape index (κ3) is 5.18. The van der Waals surface area contributed by atoms with Crippen molar-refractivity contribution in [2.24, 2.45) is 0 Å². The smallest absolute Gasteiger partial charge is 0.231 e. The molecule has 1 heterocycles. The van der Waals surface area contributed by atoms with Crippen LogP contribution in [-0.4, -0.2) is 25.9 Å². The fraction of sp³-hybridized carbons (Fsp3) is 0.250. The number of ether oxygens (including phenoxy) is 3. The number of nitrogens with one attached hydrogen (secondary N) is 1. The number of carbonyl (C=O) groups is 1. The van der Waals surface area contributed by atoms with Crippen LogP contribution in [0.1, 0.15) is 12.0 Å². The number of amides is 1. The predicted octanol–water partition coefficient (Wildman–Crippen LogP) is 2.55. The number of fused-ring (bicyclic) bond motifs is 1. The van der Waals surface area contributed by atoms with Crippen molar-refractivity contribution in [2.45, 2.75) is 12.8 Å². The maximum atomic E-state index is 11.7. The molecular weight excluding hydrogens is 318 g/mol. The SMILES string of the molecule is O=C(CCc1ccccc1)NCC#CCOc1ccc2c(c1)OCO2. The molecule has 0 aromatic heterocycles. The Morgan fingerprint density at radius 3 is 2.80 bits per heavy atom. The first-order valence-corrected chi connectivity index (χ1v) is 8.10. The van der Waals surface area contributed by atoms with Crippen LogP contribution in [0, 0.1) is 11.8 Å². The highest BCUT2D eigenvalue weighted by atomic mass is 16.7. The summed E-state index contributed by atoms with van der Waals surface area (Å²) in [4.78, 5) is 11.7. The lowest BCUT2D eigenvalue weighted by atomic mass is 10.1. The highest BCUT2D eigenvalue weighted by molar-refractivity contribution is 5.76. The van der Waals surface area contributed by atoms with Crippen LogP contribution in [0.3, 0.4) is 0 Å². The molecule has 128 valence electrons. The summed E-state index contributed by atoms with van der Waals surface area (Å²) in [7, 11) is 0. The molecule has 0 saturated carbocycles. The minimum atomic E-state index is -0.00478. The van der Waals surface area contributed by atoms with Gasteiger partial charge in [0.15, 0.2) is 11.5 Å². The van der Waals surface area contributed by atoms with Crippen molar-refractivity contribution in [1.29, 1.82) is 0 Å². The summed E-state index contributed by atoms with van der Waals surface area (Å²) < 4.78 is 16.0. The van der Waals surface area contributed by atoms with Gasteiger partial charge >= 0.3 is 0 Å². The van der Waals surface area contributed by atoms with Crippen LogP contribution in [0.5, 0.6) is 17.2 Å². The maximum Gasteiger partial charge on any atom is 0.231 e. The van der Waals surface area contributed by atoms with Gasteiger partial charge in [0.25, 0.3) is 0 Å².